The quantitative estimate of drug-likeness (QED) is 0.757. The molecule has 0 fully saturated rings. The Labute approximate surface area is 138 Å². The summed E-state index contributed by atoms with van der Waals surface area (Å²) in [6, 6.07) is 13.3. The van der Waals surface area contributed by atoms with Crippen molar-refractivity contribution in [1.29, 1.82) is 0 Å². The largest absolute Gasteiger partial charge is 0.497 e. The first-order valence-electron chi connectivity index (χ1n) is 7.38. The zero-order chi connectivity index (χ0) is 16.9. The monoisotopic (exact) mass is 325 g/mol. The van der Waals surface area contributed by atoms with E-state index in [0.29, 0.717) is 23.4 Å². The number of halogens is 1. The van der Waals surface area contributed by atoms with Crippen LogP contribution in [0.5, 0.6) is 5.75 Å². The minimum absolute atomic E-state index is 0.258. The Hall–Kier alpha value is -3.15. The van der Waals surface area contributed by atoms with Crippen LogP contribution in [0.3, 0.4) is 0 Å². The fourth-order valence-corrected chi connectivity index (χ4v) is 2.35. The third kappa shape index (κ3) is 3.43. The maximum Gasteiger partial charge on any atom is 0.255 e. The van der Waals surface area contributed by atoms with Gasteiger partial charge in [-0.25, -0.2) is 4.39 Å². The third-order valence-electron chi connectivity index (χ3n) is 3.60. The van der Waals surface area contributed by atoms with Gasteiger partial charge in [0.25, 0.3) is 5.91 Å². The van der Waals surface area contributed by atoms with E-state index in [-0.39, 0.29) is 11.7 Å². The summed E-state index contributed by atoms with van der Waals surface area (Å²) >= 11 is 0. The van der Waals surface area contributed by atoms with Crippen molar-refractivity contribution in [3.8, 4) is 17.0 Å². The zero-order valence-corrected chi connectivity index (χ0v) is 13.0. The lowest BCUT2D eigenvalue weighted by molar-refractivity contribution is 0.0951. The van der Waals surface area contributed by atoms with Gasteiger partial charge in [0.1, 0.15) is 11.6 Å². The van der Waals surface area contributed by atoms with Crippen LogP contribution in [0.25, 0.3) is 11.3 Å². The Morgan fingerprint density at radius 2 is 2.04 bits per heavy atom. The number of aromatic nitrogens is 2. The average Bonchev–Trinajstić information content (AvgIpc) is 3.10. The van der Waals surface area contributed by atoms with Crippen LogP contribution in [-0.4, -0.2) is 23.2 Å². The number of ether oxygens (including phenoxy) is 1. The fourth-order valence-electron chi connectivity index (χ4n) is 2.35. The van der Waals surface area contributed by atoms with Crippen LogP contribution in [0.2, 0.25) is 0 Å². The van der Waals surface area contributed by atoms with Crippen molar-refractivity contribution in [3.63, 3.8) is 0 Å². The highest BCUT2D eigenvalue weighted by atomic mass is 19.1. The molecule has 3 aromatic rings. The number of nitrogens with one attached hydrogen (secondary N) is 2. The molecule has 0 unspecified atom stereocenters. The van der Waals surface area contributed by atoms with Crippen molar-refractivity contribution in [3.05, 3.63) is 71.7 Å². The summed E-state index contributed by atoms with van der Waals surface area (Å²) < 4.78 is 18.2. The van der Waals surface area contributed by atoms with Gasteiger partial charge in [-0.3, -0.25) is 9.89 Å². The maximum absolute atomic E-state index is 13.0. The number of carbonyl (C=O) groups excluding carboxylic acids is 1. The van der Waals surface area contributed by atoms with E-state index in [2.05, 4.69) is 15.5 Å². The molecular weight excluding hydrogens is 309 g/mol. The van der Waals surface area contributed by atoms with Crippen molar-refractivity contribution >= 4 is 5.91 Å². The molecule has 0 radical (unpaired) electrons. The number of carbonyl (C=O) groups is 1. The second kappa shape index (κ2) is 6.95. The van der Waals surface area contributed by atoms with Crippen molar-refractivity contribution < 1.29 is 13.9 Å². The molecule has 0 aliphatic heterocycles. The molecule has 0 saturated carbocycles. The first kappa shape index (κ1) is 15.7. The normalized spacial score (nSPS) is 10.4. The smallest absolute Gasteiger partial charge is 0.255 e. The van der Waals surface area contributed by atoms with Crippen LogP contribution in [0.1, 0.15) is 15.9 Å². The molecule has 1 heterocycles. The molecule has 1 aromatic heterocycles. The molecule has 6 heteroatoms. The summed E-state index contributed by atoms with van der Waals surface area (Å²) in [5.74, 6) is 0.144. The topological polar surface area (TPSA) is 67.0 Å². The number of rotatable bonds is 5. The Balaban J connectivity index is 1.74. The molecule has 0 bridgehead atoms. The van der Waals surface area contributed by atoms with Gasteiger partial charge in [0.2, 0.25) is 0 Å². The number of nitrogens with zero attached hydrogens (tertiary/aromatic N) is 1. The van der Waals surface area contributed by atoms with Gasteiger partial charge in [-0.2, -0.15) is 5.10 Å². The standard InChI is InChI=1S/C18H16FN3O2/c1-24-15-4-2-3-12(9-15)10-20-18(23)16-11-21-22-17(16)13-5-7-14(19)8-6-13/h2-9,11H,10H2,1H3,(H,20,23)(H,21,22). The molecule has 122 valence electrons. The van der Waals surface area contributed by atoms with Gasteiger partial charge in [0.15, 0.2) is 0 Å². The van der Waals surface area contributed by atoms with Crippen LogP contribution < -0.4 is 10.1 Å². The van der Waals surface area contributed by atoms with E-state index >= 15 is 0 Å². The van der Waals surface area contributed by atoms with Gasteiger partial charge < -0.3 is 10.1 Å². The summed E-state index contributed by atoms with van der Waals surface area (Å²) in [5.41, 5.74) is 2.58. The lowest BCUT2D eigenvalue weighted by Gasteiger charge is -2.07. The molecule has 3 rings (SSSR count). The molecular formula is C18H16FN3O2. The lowest BCUT2D eigenvalue weighted by atomic mass is 10.1. The number of methoxy groups -OCH3 is 1. The van der Waals surface area contributed by atoms with E-state index in [1.54, 1.807) is 19.2 Å². The number of aromatic amines is 1. The predicted molar refractivity (Wildman–Crippen MR) is 88.1 cm³/mol. The van der Waals surface area contributed by atoms with Crippen LogP contribution in [-0.2, 0) is 6.54 Å². The average molecular weight is 325 g/mol. The molecule has 24 heavy (non-hydrogen) atoms. The highest BCUT2D eigenvalue weighted by Gasteiger charge is 2.15. The van der Waals surface area contributed by atoms with Gasteiger partial charge in [0, 0.05) is 12.1 Å². The summed E-state index contributed by atoms with van der Waals surface area (Å²) in [6.45, 7) is 0.365. The Morgan fingerprint density at radius 3 is 2.79 bits per heavy atom. The number of hydrogen-bond donors (Lipinski definition) is 2. The van der Waals surface area contributed by atoms with Crippen molar-refractivity contribution in [2.75, 3.05) is 7.11 Å². The summed E-state index contributed by atoms with van der Waals surface area (Å²) in [7, 11) is 1.60. The summed E-state index contributed by atoms with van der Waals surface area (Å²) in [6.07, 6.45) is 1.46. The fraction of sp³-hybridized carbons (Fsp3) is 0.111. The number of H-pyrrole nitrogens is 1. The molecule has 2 N–H and O–H groups in total. The maximum atomic E-state index is 13.0. The molecule has 2 aromatic carbocycles. The Bertz CT molecular complexity index is 843. The van der Waals surface area contributed by atoms with E-state index in [1.165, 1.54) is 18.3 Å². The molecule has 5 nitrogen and oxygen atoms in total. The van der Waals surface area contributed by atoms with Crippen LogP contribution in [0.4, 0.5) is 4.39 Å². The van der Waals surface area contributed by atoms with Gasteiger partial charge in [-0.1, -0.05) is 12.1 Å². The van der Waals surface area contributed by atoms with E-state index < -0.39 is 0 Å². The first-order valence-corrected chi connectivity index (χ1v) is 7.38. The van der Waals surface area contributed by atoms with Crippen LogP contribution >= 0.6 is 0 Å². The third-order valence-corrected chi connectivity index (χ3v) is 3.60. The molecule has 0 spiro atoms. The van der Waals surface area contributed by atoms with Gasteiger partial charge in [0.05, 0.1) is 24.6 Å². The van der Waals surface area contributed by atoms with Gasteiger partial charge >= 0.3 is 0 Å². The SMILES string of the molecule is COc1cccc(CNC(=O)c2cn[nH]c2-c2ccc(F)cc2)c1. The minimum Gasteiger partial charge on any atom is -0.497 e. The first-order chi connectivity index (χ1) is 11.7. The number of hydrogen-bond acceptors (Lipinski definition) is 3. The van der Waals surface area contributed by atoms with E-state index in [9.17, 15) is 9.18 Å². The van der Waals surface area contributed by atoms with E-state index in [4.69, 9.17) is 4.74 Å². The zero-order valence-electron chi connectivity index (χ0n) is 13.0. The van der Waals surface area contributed by atoms with Crippen molar-refractivity contribution in [1.82, 2.24) is 15.5 Å². The molecule has 0 aliphatic carbocycles. The summed E-state index contributed by atoms with van der Waals surface area (Å²) in [5, 5.41) is 9.56. The number of amides is 1. The van der Waals surface area contributed by atoms with Crippen molar-refractivity contribution in [2.45, 2.75) is 6.54 Å². The van der Waals surface area contributed by atoms with Gasteiger partial charge in [-0.15, -0.1) is 0 Å². The predicted octanol–water partition coefficient (Wildman–Crippen LogP) is 3.15. The van der Waals surface area contributed by atoms with E-state index in [0.717, 1.165) is 11.3 Å². The summed E-state index contributed by atoms with van der Waals surface area (Å²) in [4.78, 5) is 12.4. The second-order valence-corrected chi connectivity index (χ2v) is 5.20. The van der Waals surface area contributed by atoms with Crippen LogP contribution in [0, 0.1) is 5.82 Å². The molecule has 1 amide bonds. The Kier molecular flexibility index (Phi) is 4.56. The van der Waals surface area contributed by atoms with E-state index in [1.807, 2.05) is 24.3 Å². The minimum atomic E-state index is -0.331. The Morgan fingerprint density at radius 1 is 1.25 bits per heavy atom. The highest BCUT2D eigenvalue weighted by molar-refractivity contribution is 5.99. The molecule has 0 atom stereocenters. The van der Waals surface area contributed by atoms with Crippen molar-refractivity contribution in [2.24, 2.45) is 0 Å². The van der Waals surface area contributed by atoms with Gasteiger partial charge in [-0.05, 0) is 42.0 Å². The molecule has 0 saturated heterocycles. The lowest BCUT2D eigenvalue weighted by Crippen LogP contribution is -2.23. The van der Waals surface area contributed by atoms with Crippen LogP contribution in [0.15, 0.2) is 54.7 Å². The highest BCUT2D eigenvalue weighted by Crippen LogP contribution is 2.21. The second-order valence-electron chi connectivity index (χ2n) is 5.20. The molecule has 0 aliphatic rings. The number of benzene rings is 2.